The van der Waals surface area contributed by atoms with Gasteiger partial charge in [0.1, 0.15) is 5.82 Å². The van der Waals surface area contributed by atoms with Crippen molar-refractivity contribution < 1.29 is 17.6 Å². The predicted molar refractivity (Wildman–Crippen MR) is 134 cm³/mol. The monoisotopic (exact) mass is 489 g/mol. The lowest BCUT2D eigenvalue weighted by Gasteiger charge is -2.38. The van der Waals surface area contributed by atoms with Crippen LogP contribution in [0.2, 0.25) is 0 Å². The maximum absolute atomic E-state index is 13.5. The first-order chi connectivity index (χ1) is 16.6. The number of halogens is 4. The third-order valence-electron chi connectivity index (χ3n) is 7.37. The van der Waals surface area contributed by atoms with Gasteiger partial charge < -0.3 is 10.6 Å². The van der Waals surface area contributed by atoms with E-state index >= 15 is 0 Å². The van der Waals surface area contributed by atoms with E-state index in [9.17, 15) is 17.6 Å². The molecule has 4 rings (SSSR count). The summed E-state index contributed by atoms with van der Waals surface area (Å²) in [5, 5.41) is 0. The number of nitrogen functional groups attached to an aromatic ring is 1. The van der Waals surface area contributed by atoms with Gasteiger partial charge in [-0.15, -0.1) is 0 Å². The minimum absolute atomic E-state index is 0.537. The van der Waals surface area contributed by atoms with Gasteiger partial charge in [0.15, 0.2) is 0 Å². The summed E-state index contributed by atoms with van der Waals surface area (Å²) in [6.07, 6.45) is 1.95. The Kier molecular flexibility index (Phi) is 7.74. The Bertz CT molecular complexity index is 1050. The highest BCUT2D eigenvalue weighted by molar-refractivity contribution is 5.75. The van der Waals surface area contributed by atoms with Gasteiger partial charge in [-0.25, -0.2) is 4.39 Å². The molecule has 2 N–H and O–H groups in total. The van der Waals surface area contributed by atoms with Gasteiger partial charge in [0.25, 0.3) is 0 Å². The third kappa shape index (κ3) is 6.18. The molecule has 0 aliphatic carbocycles. The van der Waals surface area contributed by atoms with Crippen molar-refractivity contribution in [1.82, 2.24) is 4.90 Å². The van der Waals surface area contributed by atoms with E-state index in [-0.39, 0.29) is 0 Å². The Hall–Kier alpha value is -2.54. The standard InChI is InChI=1S/C28H35F4N3/c1-19-15-23-7-4-12-35(27(23)26(33)16-19)20(2)18-34-13-10-21(11-14-34)5-3-6-22-8-9-25(29)24(17-22)28(30,31)32/h8-9,15-17,21H,2-7,10-14,18,33H2,1H3. The molecule has 2 aliphatic heterocycles. The number of aryl methyl sites for hydroxylation is 3. The highest BCUT2D eigenvalue weighted by atomic mass is 19.4. The number of hydrogen-bond acceptors (Lipinski definition) is 3. The van der Waals surface area contributed by atoms with E-state index in [0.717, 1.165) is 93.9 Å². The zero-order valence-corrected chi connectivity index (χ0v) is 20.4. The van der Waals surface area contributed by atoms with Crippen molar-refractivity contribution in [2.75, 3.05) is 36.8 Å². The van der Waals surface area contributed by atoms with Crippen LogP contribution in [0, 0.1) is 18.7 Å². The molecule has 0 bridgehead atoms. The summed E-state index contributed by atoms with van der Waals surface area (Å²) < 4.78 is 52.3. The van der Waals surface area contributed by atoms with Crippen molar-refractivity contribution in [2.45, 2.75) is 58.0 Å². The van der Waals surface area contributed by atoms with Crippen LogP contribution in [0.3, 0.4) is 0 Å². The van der Waals surface area contributed by atoms with Gasteiger partial charge in [-0.3, -0.25) is 4.90 Å². The van der Waals surface area contributed by atoms with Gasteiger partial charge in [-0.2, -0.15) is 13.2 Å². The molecule has 0 atom stereocenters. The van der Waals surface area contributed by atoms with Gasteiger partial charge >= 0.3 is 6.18 Å². The first kappa shape index (κ1) is 25.5. The Morgan fingerprint density at radius 2 is 1.86 bits per heavy atom. The molecule has 0 saturated carbocycles. The molecular weight excluding hydrogens is 454 g/mol. The maximum Gasteiger partial charge on any atom is 0.419 e. The lowest BCUT2D eigenvalue weighted by atomic mass is 9.90. The van der Waals surface area contributed by atoms with Crippen molar-refractivity contribution in [1.29, 1.82) is 0 Å². The van der Waals surface area contributed by atoms with E-state index in [0.29, 0.717) is 17.9 Å². The SMILES string of the molecule is C=C(CN1CCC(CCCc2ccc(F)c(C(F)(F)F)c2)CC1)N1CCCc2cc(C)cc(N)c21. The summed E-state index contributed by atoms with van der Waals surface area (Å²) in [7, 11) is 0. The van der Waals surface area contributed by atoms with Crippen molar-refractivity contribution in [3.8, 4) is 0 Å². The van der Waals surface area contributed by atoms with E-state index in [1.807, 2.05) is 6.07 Å². The number of alkyl halides is 3. The van der Waals surface area contributed by atoms with Crippen molar-refractivity contribution in [3.05, 3.63) is 70.7 Å². The number of likely N-dealkylation sites (tertiary alicyclic amines) is 1. The molecule has 0 radical (unpaired) electrons. The van der Waals surface area contributed by atoms with Crippen LogP contribution < -0.4 is 10.6 Å². The van der Waals surface area contributed by atoms with Crippen LogP contribution >= 0.6 is 0 Å². The van der Waals surface area contributed by atoms with E-state index < -0.39 is 17.6 Å². The molecule has 0 unspecified atom stereocenters. The van der Waals surface area contributed by atoms with Gasteiger partial charge in [-0.1, -0.05) is 25.1 Å². The second kappa shape index (κ2) is 10.6. The highest BCUT2D eigenvalue weighted by Crippen LogP contribution is 2.36. The fourth-order valence-electron chi connectivity index (χ4n) is 5.58. The molecule has 0 aromatic heterocycles. The molecule has 190 valence electrons. The molecule has 35 heavy (non-hydrogen) atoms. The Balaban J connectivity index is 1.24. The van der Waals surface area contributed by atoms with E-state index in [1.54, 1.807) is 0 Å². The third-order valence-corrected chi connectivity index (χ3v) is 7.37. The maximum atomic E-state index is 13.5. The lowest BCUT2D eigenvalue weighted by molar-refractivity contribution is -0.140. The number of nitrogens with zero attached hydrogens (tertiary/aromatic N) is 2. The average Bonchev–Trinajstić information content (AvgIpc) is 2.80. The number of benzene rings is 2. The van der Waals surface area contributed by atoms with Crippen molar-refractivity contribution in [3.63, 3.8) is 0 Å². The molecule has 2 aromatic carbocycles. The quantitative estimate of drug-likeness (QED) is 0.345. The summed E-state index contributed by atoms with van der Waals surface area (Å²) in [6, 6.07) is 7.61. The first-order valence-corrected chi connectivity index (χ1v) is 12.5. The second-order valence-corrected chi connectivity index (χ2v) is 10.1. The second-order valence-electron chi connectivity index (χ2n) is 10.1. The molecule has 3 nitrogen and oxygen atoms in total. The minimum atomic E-state index is -4.65. The lowest BCUT2D eigenvalue weighted by Crippen LogP contribution is -2.39. The molecule has 2 aromatic rings. The minimum Gasteiger partial charge on any atom is -0.397 e. The molecule has 1 fully saturated rings. The predicted octanol–water partition coefficient (Wildman–Crippen LogP) is 6.74. The summed E-state index contributed by atoms with van der Waals surface area (Å²) in [6.45, 7) is 10.2. The van der Waals surface area contributed by atoms with E-state index in [2.05, 4.69) is 29.4 Å². The fraction of sp³-hybridized carbons (Fsp3) is 0.500. The van der Waals surface area contributed by atoms with Crippen LogP contribution in [0.25, 0.3) is 0 Å². The first-order valence-electron chi connectivity index (χ1n) is 12.5. The highest BCUT2D eigenvalue weighted by Gasteiger charge is 2.34. The molecule has 0 amide bonds. The van der Waals surface area contributed by atoms with Crippen LogP contribution in [0.15, 0.2) is 42.6 Å². The molecule has 2 aliphatic rings. The van der Waals surface area contributed by atoms with Crippen LogP contribution in [0.5, 0.6) is 0 Å². The number of rotatable bonds is 7. The van der Waals surface area contributed by atoms with Gasteiger partial charge in [0.2, 0.25) is 0 Å². The molecule has 0 spiro atoms. The van der Waals surface area contributed by atoms with Crippen molar-refractivity contribution in [2.24, 2.45) is 5.92 Å². The number of hydrogen-bond donors (Lipinski definition) is 1. The summed E-state index contributed by atoms with van der Waals surface area (Å²) >= 11 is 0. The van der Waals surface area contributed by atoms with Gasteiger partial charge in [-0.05, 0) is 99.3 Å². The zero-order chi connectivity index (χ0) is 25.2. The van der Waals surface area contributed by atoms with E-state index in [4.69, 9.17) is 5.73 Å². The van der Waals surface area contributed by atoms with Crippen LogP contribution in [-0.2, 0) is 19.0 Å². The molecule has 7 heteroatoms. The number of fused-ring (bicyclic) bond motifs is 1. The van der Waals surface area contributed by atoms with Crippen LogP contribution in [0.1, 0.15) is 54.4 Å². The number of piperidine rings is 1. The Labute approximate surface area is 205 Å². The summed E-state index contributed by atoms with van der Waals surface area (Å²) in [5.41, 5.74) is 11.3. The topological polar surface area (TPSA) is 32.5 Å². The average molecular weight is 490 g/mol. The normalized spacial score (nSPS) is 17.5. The Morgan fingerprint density at radius 3 is 2.57 bits per heavy atom. The fourth-order valence-corrected chi connectivity index (χ4v) is 5.58. The summed E-state index contributed by atoms with van der Waals surface area (Å²) in [5.74, 6) is -0.641. The number of nitrogens with two attached hydrogens (primary N) is 1. The molecular formula is C28H35F4N3. The van der Waals surface area contributed by atoms with Crippen LogP contribution in [-0.4, -0.2) is 31.1 Å². The van der Waals surface area contributed by atoms with Crippen molar-refractivity contribution >= 4 is 11.4 Å². The summed E-state index contributed by atoms with van der Waals surface area (Å²) in [4.78, 5) is 4.73. The van der Waals surface area contributed by atoms with Gasteiger partial charge in [0.05, 0.1) is 16.9 Å². The zero-order valence-electron chi connectivity index (χ0n) is 20.4. The molecule has 1 saturated heterocycles. The van der Waals surface area contributed by atoms with Gasteiger partial charge in [0, 0.05) is 18.8 Å². The number of anilines is 2. The smallest absolute Gasteiger partial charge is 0.397 e. The molecule has 2 heterocycles. The Morgan fingerprint density at radius 1 is 1.11 bits per heavy atom. The largest absolute Gasteiger partial charge is 0.419 e. The van der Waals surface area contributed by atoms with E-state index in [1.165, 1.54) is 17.2 Å². The van der Waals surface area contributed by atoms with Crippen LogP contribution in [0.4, 0.5) is 28.9 Å².